The van der Waals surface area contributed by atoms with Crippen molar-refractivity contribution in [2.24, 2.45) is 0 Å². The molecule has 5 heteroatoms. The Labute approximate surface area is 123 Å². The van der Waals surface area contributed by atoms with E-state index in [0.717, 1.165) is 5.69 Å². The third-order valence-electron chi connectivity index (χ3n) is 2.89. The molecule has 0 heterocycles. The predicted molar refractivity (Wildman–Crippen MR) is 84.6 cm³/mol. The van der Waals surface area contributed by atoms with Crippen molar-refractivity contribution in [1.82, 2.24) is 0 Å². The van der Waals surface area contributed by atoms with Crippen molar-refractivity contribution in [2.75, 3.05) is 30.0 Å². The van der Waals surface area contributed by atoms with E-state index in [1.54, 1.807) is 24.3 Å². The zero-order valence-electron chi connectivity index (χ0n) is 11.4. The van der Waals surface area contributed by atoms with Gasteiger partial charge in [-0.2, -0.15) is 0 Å². The first-order chi connectivity index (χ1) is 9.47. The Morgan fingerprint density at radius 3 is 2.65 bits per heavy atom. The quantitative estimate of drug-likeness (QED) is 0.853. The van der Waals surface area contributed by atoms with E-state index in [0.29, 0.717) is 22.0 Å². The van der Waals surface area contributed by atoms with Gasteiger partial charge >= 0.3 is 0 Å². The number of carbonyl (C=O) groups is 1. The number of hydrogen-bond donors (Lipinski definition) is 2. The van der Waals surface area contributed by atoms with Crippen LogP contribution >= 0.6 is 11.6 Å². The van der Waals surface area contributed by atoms with Gasteiger partial charge in [0.25, 0.3) is 5.91 Å². The van der Waals surface area contributed by atoms with Crippen LogP contribution in [0.2, 0.25) is 5.02 Å². The summed E-state index contributed by atoms with van der Waals surface area (Å²) in [5, 5.41) is 3.29. The fourth-order valence-electron chi connectivity index (χ4n) is 1.76. The number of amides is 1. The molecule has 20 heavy (non-hydrogen) atoms. The molecule has 0 aliphatic heterocycles. The molecular weight excluding hydrogens is 274 g/mol. The third-order valence-corrected chi connectivity index (χ3v) is 3.12. The molecule has 0 atom stereocenters. The fraction of sp³-hybridized carbons (Fsp3) is 0.133. The number of carbonyl (C=O) groups excluding carboxylic acids is 1. The summed E-state index contributed by atoms with van der Waals surface area (Å²) in [6, 6.07) is 12.3. The molecule has 1 amide bonds. The minimum absolute atomic E-state index is 0.220. The molecule has 0 radical (unpaired) electrons. The van der Waals surface area contributed by atoms with Crippen LogP contribution in [-0.2, 0) is 0 Å². The van der Waals surface area contributed by atoms with Crippen molar-refractivity contribution < 1.29 is 4.79 Å². The van der Waals surface area contributed by atoms with Crippen molar-refractivity contribution in [3.63, 3.8) is 0 Å². The minimum atomic E-state index is -0.220. The average molecular weight is 290 g/mol. The molecule has 0 aliphatic rings. The number of hydrogen-bond acceptors (Lipinski definition) is 3. The van der Waals surface area contributed by atoms with Gasteiger partial charge in [-0.15, -0.1) is 0 Å². The van der Waals surface area contributed by atoms with Crippen LogP contribution in [0.5, 0.6) is 0 Å². The van der Waals surface area contributed by atoms with Gasteiger partial charge in [-0.3, -0.25) is 4.79 Å². The summed E-state index contributed by atoms with van der Waals surface area (Å²) < 4.78 is 0. The molecule has 0 bridgehead atoms. The van der Waals surface area contributed by atoms with Gasteiger partial charge in [0, 0.05) is 30.4 Å². The Hall–Kier alpha value is -2.20. The molecule has 2 aromatic rings. The maximum atomic E-state index is 12.2. The largest absolute Gasteiger partial charge is 0.397 e. The summed E-state index contributed by atoms with van der Waals surface area (Å²) >= 11 is 5.90. The van der Waals surface area contributed by atoms with Crippen molar-refractivity contribution in [2.45, 2.75) is 0 Å². The number of halogens is 1. The van der Waals surface area contributed by atoms with Crippen LogP contribution in [0.15, 0.2) is 42.5 Å². The third kappa shape index (κ3) is 3.22. The molecule has 0 unspecified atom stereocenters. The standard InChI is InChI=1S/C15H16ClN3O/c1-19(2)12-5-3-4-10(8-12)15(20)18-14-9-11(16)6-7-13(14)17/h3-9H,17H2,1-2H3,(H,18,20). The topological polar surface area (TPSA) is 58.4 Å². The van der Waals surface area contributed by atoms with E-state index in [2.05, 4.69) is 5.32 Å². The van der Waals surface area contributed by atoms with Gasteiger partial charge in [-0.1, -0.05) is 17.7 Å². The molecule has 2 aromatic carbocycles. The van der Waals surface area contributed by atoms with E-state index in [1.807, 2.05) is 37.2 Å². The highest BCUT2D eigenvalue weighted by Gasteiger charge is 2.09. The smallest absolute Gasteiger partial charge is 0.255 e. The van der Waals surface area contributed by atoms with Gasteiger partial charge < -0.3 is 16.0 Å². The molecule has 4 nitrogen and oxygen atoms in total. The normalized spacial score (nSPS) is 10.2. The van der Waals surface area contributed by atoms with E-state index in [-0.39, 0.29) is 5.91 Å². The van der Waals surface area contributed by atoms with Crippen LogP contribution in [0.25, 0.3) is 0 Å². The fourth-order valence-corrected chi connectivity index (χ4v) is 1.93. The molecule has 0 aromatic heterocycles. The first-order valence-electron chi connectivity index (χ1n) is 6.11. The molecule has 0 saturated heterocycles. The molecular formula is C15H16ClN3O. The van der Waals surface area contributed by atoms with Gasteiger partial charge in [0.05, 0.1) is 11.4 Å². The molecule has 2 rings (SSSR count). The molecule has 0 saturated carbocycles. The lowest BCUT2D eigenvalue weighted by Gasteiger charge is -2.14. The summed E-state index contributed by atoms with van der Waals surface area (Å²) in [5.41, 5.74) is 8.32. The lowest BCUT2D eigenvalue weighted by atomic mass is 10.1. The maximum Gasteiger partial charge on any atom is 0.255 e. The lowest BCUT2D eigenvalue weighted by molar-refractivity contribution is 0.102. The van der Waals surface area contributed by atoms with Gasteiger partial charge in [0.2, 0.25) is 0 Å². The monoisotopic (exact) mass is 289 g/mol. The lowest BCUT2D eigenvalue weighted by Crippen LogP contribution is -2.15. The Balaban J connectivity index is 2.24. The second-order valence-corrected chi connectivity index (χ2v) is 5.07. The number of nitrogens with one attached hydrogen (secondary N) is 1. The van der Waals surface area contributed by atoms with Crippen molar-refractivity contribution in [3.05, 3.63) is 53.1 Å². The number of rotatable bonds is 3. The van der Waals surface area contributed by atoms with Crippen LogP contribution in [0.3, 0.4) is 0 Å². The van der Waals surface area contributed by atoms with Crippen molar-refractivity contribution in [3.8, 4) is 0 Å². The molecule has 0 aliphatic carbocycles. The number of anilines is 3. The van der Waals surface area contributed by atoms with Gasteiger partial charge in [0.15, 0.2) is 0 Å². The summed E-state index contributed by atoms with van der Waals surface area (Å²) in [6.45, 7) is 0. The number of nitrogens with zero attached hydrogens (tertiary/aromatic N) is 1. The number of nitrogen functional groups attached to an aromatic ring is 1. The highest BCUT2D eigenvalue weighted by molar-refractivity contribution is 6.31. The van der Waals surface area contributed by atoms with Crippen LogP contribution < -0.4 is 16.0 Å². The Kier molecular flexibility index (Phi) is 4.15. The van der Waals surface area contributed by atoms with Crippen LogP contribution in [0.4, 0.5) is 17.1 Å². The predicted octanol–water partition coefficient (Wildman–Crippen LogP) is 3.24. The molecule has 104 valence electrons. The van der Waals surface area contributed by atoms with E-state index in [9.17, 15) is 4.79 Å². The molecule has 0 fully saturated rings. The zero-order valence-corrected chi connectivity index (χ0v) is 12.1. The van der Waals surface area contributed by atoms with Crippen molar-refractivity contribution >= 4 is 34.6 Å². The Bertz CT molecular complexity index is 641. The van der Waals surface area contributed by atoms with Gasteiger partial charge in [-0.25, -0.2) is 0 Å². The van der Waals surface area contributed by atoms with E-state index >= 15 is 0 Å². The van der Waals surface area contributed by atoms with Gasteiger partial charge in [-0.05, 0) is 36.4 Å². The SMILES string of the molecule is CN(C)c1cccc(C(=O)Nc2cc(Cl)ccc2N)c1. The number of benzene rings is 2. The number of nitrogens with two attached hydrogens (primary N) is 1. The Morgan fingerprint density at radius 2 is 1.95 bits per heavy atom. The molecule has 0 spiro atoms. The summed E-state index contributed by atoms with van der Waals surface area (Å²) in [6.07, 6.45) is 0. The van der Waals surface area contributed by atoms with E-state index in [1.165, 1.54) is 0 Å². The summed E-state index contributed by atoms with van der Waals surface area (Å²) in [5.74, 6) is -0.220. The molecule has 3 N–H and O–H groups in total. The highest BCUT2D eigenvalue weighted by atomic mass is 35.5. The Morgan fingerprint density at radius 1 is 1.20 bits per heavy atom. The zero-order chi connectivity index (χ0) is 14.7. The van der Waals surface area contributed by atoms with Crippen LogP contribution in [-0.4, -0.2) is 20.0 Å². The second kappa shape index (κ2) is 5.84. The second-order valence-electron chi connectivity index (χ2n) is 4.63. The average Bonchev–Trinajstić information content (AvgIpc) is 2.43. The van der Waals surface area contributed by atoms with Crippen LogP contribution in [0.1, 0.15) is 10.4 Å². The summed E-state index contributed by atoms with van der Waals surface area (Å²) in [4.78, 5) is 14.2. The first-order valence-corrected chi connectivity index (χ1v) is 6.49. The first kappa shape index (κ1) is 14.2. The van der Waals surface area contributed by atoms with E-state index < -0.39 is 0 Å². The minimum Gasteiger partial charge on any atom is -0.397 e. The highest BCUT2D eigenvalue weighted by Crippen LogP contribution is 2.24. The van der Waals surface area contributed by atoms with Gasteiger partial charge in [0.1, 0.15) is 0 Å². The van der Waals surface area contributed by atoms with E-state index in [4.69, 9.17) is 17.3 Å². The van der Waals surface area contributed by atoms with Crippen molar-refractivity contribution in [1.29, 1.82) is 0 Å². The summed E-state index contributed by atoms with van der Waals surface area (Å²) in [7, 11) is 3.85. The van der Waals surface area contributed by atoms with Crippen LogP contribution in [0, 0.1) is 0 Å². The maximum absolute atomic E-state index is 12.2.